The van der Waals surface area contributed by atoms with Gasteiger partial charge in [0.15, 0.2) is 22.8 Å². The predicted octanol–water partition coefficient (Wildman–Crippen LogP) is 3.69. The topological polar surface area (TPSA) is 72.8 Å². The number of fused-ring (bicyclic) bond motifs is 7. The summed E-state index contributed by atoms with van der Waals surface area (Å²) >= 11 is 0. The molecule has 0 spiro atoms. The van der Waals surface area contributed by atoms with Crippen LogP contribution in [0.4, 0.5) is 13.2 Å². The highest BCUT2D eigenvalue weighted by molar-refractivity contribution is 6.01. The Kier molecular flexibility index (Phi) is 4.41. The Balaban J connectivity index is 1.64. The molecule has 4 aliphatic carbocycles. The van der Waals surface area contributed by atoms with E-state index >= 15 is 4.39 Å². The van der Waals surface area contributed by atoms with Gasteiger partial charge in [-0.15, -0.1) is 0 Å². The van der Waals surface area contributed by atoms with Crippen LogP contribution >= 0.6 is 0 Å². The van der Waals surface area contributed by atoms with Gasteiger partial charge in [0.1, 0.15) is 0 Å². The Hall–Kier alpha value is -1.51. The molecular formula is C24H29F3O5. The fourth-order valence-electron chi connectivity index (χ4n) is 7.91. The fraction of sp³-hybridized carbons (Fsp3) is 0.750. The summed E-state index contributed by atoms with van der Waals surface area (Å²) in [5, 5.41) is 11.3. The van der Waals surface area contributed by atoms with E-state index in [9.17, 15) is 23.5 Å². The van der Waals surface area contributed by atoms with E-state index in [0.717, 1.165) is 0 Å². The molecule has 0 radical (unpaired) electrons. The van der Waals surface area contributed by atoms with Crippen molar-refractivity contribution in [2.75, 3.05) is 0 Å². The second-order valence-corrected chi connectivity index (χ2v) is 11.0. The molecule has 0 aromatic heterocycles. The average molecular weight is 454 g/mol. The molecule has 5 nitrogen and oxygen atoms in total. The molecular weight excluding hydrogens is 425 g/mol. The average Bonchev–Trinajstić information content (AvgIpc) is 3.09. The van der Waals surface area contributed by atoms with Crippen LogP contribution in [0, 0.1) is 22.7 Å². The molecule has 0 unspecified atom stereocenters. The first-order valence-electron chi connectivity index (χ1n) is 11.2. The zero-order chi connectivity index (χ0) is 23.5. The molecule has 32 heavy (non-hydrogen) atoms. The number of halogens is 3. The Morgan fingerprint density at radius 3 is 2.56 bits per heavy atom. The molecule has 8 heteroatoms. The summed E-state index contributed by atoms with van der Waals surface area (Å²) in [7, 11) is 0. The molecule has 0 aromatic carbocycles. The summed E-state index contributed by atoms with van der Waals surface area (Å²) < 4.78 is 56.8. The van der Waals surface area contributed by atoms with Crippen molar-refractivity contribution in [3.8, 4) is 0 Å². The zero-order valence-corrected chi connectivity index (χ0v) is 18.7. The van der Waals surface area contributed by atoms with E-state index < -0.39 is 64.1 Å². The van der Waals surface area contributed by atoms with Crippen molar-refractivity contribution in [1.82, 2.24) is 0 Å². The second kappa shape index (κ2) is 6.33. The molecule has 1 saturated heterocycles. The van der Waals surface area contributed by atoms with Gasteiger partial charge in [-0.05, 0) is 64.5 Å². The van der Waals surface area contributed by atoms with Crippen molar-refractivity contribution in [1.29, 1.82) is 0 Å². The Morgan fingerprint density at radius 1 is 1.22 bits per heavy atom. The summed E-state index contributed by atoms with van der Waals surface area (Å²) in [5.74, 6) is -4.04. The summed E-state index contributed by atoms with van der Waals surface area (Å²) in [5.41, 5.74) is -5.85. The lowest BCUT2D eigenvalue weighted by molar-refractivity contribution is -0.248. The number of ether oxygens (including phenoxy) is 2. The first kappa shape index (κ1) is 22.3. The molecule has 1 heterocycles. The summed E-state index contributed by atoms with van der Waals surface area (Å²) in [6, 6.07) is 0. The molecule has 0 bridgehead atoms. The molecule has 0 aromatic rings. The van der Waals surface area contributed by atoms with E-state index in [1.54, 1.807) is 27.7 Å². The summed E-state index contributed by atoms with van der Waals surface area (Å²) in [4.78, 5) is 24.9. The van der Waals surface area contributed by atoms with E-state index in [1.807, 2.05) is 0 Å². The number of aliphatic hydroxyl groups is 1. The van der Waals surface area contributed by atoms with Gasteiger partial charge in [-0.3, -0.25) is 9.59 Å². The number of Topliss-reactive ketones (excluding diaryl/α,β-unsaturated/α-hetero) is 1. The third kappa shape index (κ3) is 2.36. The van der Waals surface area contributed by atoms with Crippen LogP contribution in [-0.2, 0) is 19.1 Å². The van der Waals surface area contributed by atoms with Crippen molar-refractivity contribution in [3.05, 3.63) is 23.8 Å². The normalized spacial score (nSPS) is 51.0. The minimum atomic E-state index is -3.27. The van der Waals surface area contributed by atoms with Crippen LogP contribution in [0.25, 0.3) is 0 Å². The number of hydrogen-bond acceptors (Lipinski definition) is 5. The highest BCUT2D eigenvalue weighted by Gasteiger charge is 2.80. The zero-order valence-electron chi connectivity index (χ0n) is 18.7. The standard InChI is InChI=1S/C24H29F3O5/c1-20(2)31-17-10-15-14-6-5-12-9-13(28)7-8-21(12,3)23(14,27)16(29)11-22(15,4)24(17,32-20)18(30)19(25)26/h7-9,14-17,19,29H,5-6,10-11H2,1-4H3/t14-,15-,16-,17+,21-,22-,23-,24-/m0/s1. The minimum absolute atomic E-state index is 0.194. The van der Waals surface area contributed by atoms with E-state index in [-0.39, 0.29) is 18.6 Å². The smallest absolute Gasteiger partial charge is 0.299 e. The van der Waals surface area contributed by atoms with Crippen molar-refractivity contribution in [2.24, 2.45) is 22.7 Å². The van der Waals surface area contributed by atoms with E-state index in [2.05, 4.69) is 0 Å². The molecule has 5 aliphatic rings. The van der Waals surface area contributed by atoms with Gasteiger partial charge in [0.25, 0.3) is 6.43 Å². The lowest BCUT2D eigenvalue weighted by atomic mass is 9.44. The molecule has 1 aliphatic heterocycles. The molecule has 4 fully saturated rings. The number of hydrogen-bond donors (Lipinski definition) is 1. The molecule has 5 rings (SSSR count). The maximum Gasteiger partial charge on any atom is 0.299 e. The highest BCUT2D eigenvalue weighted by Crippen LogP contribution is 2.72. The van der Waals surface area contributed by atoms with Crippen LogP contribution in [0.5, 0.6) is 0 Å². The van der Waals surface area contributed by atoms with Crippen molar-refractivity contribution in [3.63, 3.8) is 0 Å². The lowest BCUT2D eigenvalue weighted by Crippen LogP contribution is -2.70. The van der Waals surface area contributed by atoms with Gasteiger partial charge in [-0.1, -0.05) is 18.6 Å². The molecule has 176 valence electrons. The summed E-state index contributed by atoms with van der Waals surface area (Å²) in [6.45, 7) is 6.50. The van der Waals surface area contributed by atoms with Crippen molar-refractivity contribution < 1.29 is 37.3 Å². The molecule has 0 amide bonds. The largest absolute Gasteiger partial charge is 0.390 e. The van der Waals surface area contributed by atoms with Crippen LogP contribution in [0.2, 0.25) is 0 Å². The number of carbonyl (C=O) groups is 2. The third-order valence-corrected chi connectivity index (χ3v) is 9.20. The summed E-state index contributed by atoms with van der Waals surface area (Å²) in [6.07, 6.45) is -0.680. The van der Waals surface area contributed by atoms with Gasteiger partial charge in [-0.25, -0.2) is 13.2 Å². The van der Waals surface area contributed by atoms with Crippen LogP contribution in [0.1, 0.15) is 53.4 Å². The monoisotopic (exact) mass is 454 g/mol. The second-order valence-electron chi connectivity index (χ2n) is 11.0. The highest BCUT2D eigenvalue weighted by atomic mass is 19.3. The van der Waals surface area contributed by atoms with Gasteiger partial charge in [0, 0.05) is 16.7 Å². The van der Waals surface area contributed by atoms with Crippen LogP contribution in [0.3, 0.4) is 0 Å². The number of allylic oxidation sites excluding steroid dienone is 4. The van der Waals surface area contributed by atoms with Gasteiger partial charge in [0.05, 0.1) is 12.2 Å². The Morgan fingerprint density at radius 2 is 1.91 bits per heavy atom. The maximum atomic E-state index is 17.1. The van der Waals surface area contributed by atoms with E-state index in [0.29, 0.717) is 18.4 Å². The van der Waals surface area contributed by atoms with Gasteiger partial charge < -0.3 is 14.6 Å². The third-order valence-electron chi connectivity index (χ3n) is 9.20. The first-order chi connectivity index (χ1) is 14.7. The first-order valence-corrected chi connectivity index (χ1v) is 11.2. The molecule has 3 saturated carbocycles. The van der Waals surface area contributed by atoms with Crippen molar-refractivity contribution >= 4 is 11.6 Å². The van der Waals surface area contributed by atoms with Crippen LogP contribution in [-0.4, -0.2) is 52.4 Å². The molecule has 1 N–H and O–H groups in total. The predicted molar refractivity (Wildman–Crippen MR) is 108 cm³/mol. The number of alkyl halides is 3. The lowest BCUT2D eigenvalue weighted by Gasteiger charge is -2.62. The van der Waals surface area contributed by atoms with Gasteiger partial charge in [0.2, 0.25) is 5.78 Å². The fourth-order valence-corrected chi connectivity index (χ4v) is 7.91. The van der Waals surface area contributed by atoms with Crippen LogP contribution in [0.15, 0.2) is 23.8 Å². The number of rotatable bonds is 2. The Bertz CT molecular complexity index is 959. The van der Waals surface area contributed by atoms with Gasteiger partial charge >= 0.3 is 0 Å². The Labute approximate surface area is 185 Å². The van der Waals surface area contributed by atoms with E-state index in [1.165, 1.54) is 18.2 Å². The number of carbonyl (C=O) groups excluding carboxylic acids is 2. The minimum Gasteiger partial charge on any atom is -0.390 e. The van der Waals surface area contributed by atoms with E-state index in [4.69, 9.17) is 9.47 Å². The van der Waals surface area contributed by atoms with Gasteiger partial charge in [-0.2, -0.15) is 0 Å². The van der Waals surface area contributed by atoms with Crippen molar-refractivity contribution in [2.45, 2.75) is 89.1 Å². The number of aliphatic hydroxyl groups excluding tert-OH is 1. The SMILES string of the molecule is CC1(C)O[C@@H]2C[C@H]3[C@@H]4CCC5=CC(=O)C=C[C@]5(C)[C@@]4(F)[C@@H](O)C[C@]3(C)[C@]2(C(=O)C(F)F)O1. The maximum absolute atomic E-state index is 17.1. The van der Waals surface area contributed by atoms with Crippen LogP contribution < -0.4 is 0 Å². The number of ketones is 2. The molecule has 8 atom stereocenters. The quantitative estimate of drug-likeness (QED) is 0.689.